The number of nitrogen functional groups attached to an aromatic ring is 1. The fourth-order valence-corrected chi connectivity index (χ4v) is 2.21. The number of nitrogens with two attached hydrogens (primary N) is 1. The quantitative estimate of drug-likeness (QED) is 0.726. The monoisotopic (exact) mass is 248 g/mol. The number of nitrogens with zero attached hydrogens (tertiary/aromatic N) is 2. The maximum Gasteiger partial charge on any atom is 0.320 e. The fraction of sp³-hybridized carbons (Fsp3) is 0.462. The predicted molar refractivity (Wildman–Crippen MR) is 72.3 cm³/mol. The highest BCUT2D eigenvalue weighted by molar-refractivity contribution is 5.74. The average Bonchev–Trinajstić information content (AvgIpc) is 2.39. The van der Waals surface area contributed by atoms with Gasteiger partial charge in [0.1, 0.15) is 0 Å². The molecule has 1 unspecified atom stereocenters. The minimum absolute atomic E-state index is 0.0540. The summed E-state index contributed by atoms with van der Waals surface area (Å²) in [5.74, 6) is 0. The minimum Gasteiger partial charge on any atom is -0.399 e. The van der Waals surface area contributed by atoms with Crippen LogP contribution >= 0.6 is 0 Å². The average molecular weight is 248 g/mol. The second-order valence-electron chi connectivity index (χ2n) is 4.76. The first-order valence-electron chi connectivity index (χ1n) is 6.13. The molecule has 0 bridgehead atoms. The Morgan fingerprint density at radius 1 is 1.39 bits per heavy atom. The minimum atomic E-state index is 0.0540. The molecule has 1 aliphatic heterocycles. The topological polar surface area (TPSA) is 61.6 Å². The summed E-state index contributed by atoms with van der Waals surface area (Å²) in [5.41, 5.74) is 7.56. The number of nitrogens with one attached hydrogen (secondary N) is 1. The lowest BCUT2D eigenvalue weighted by molar-refractivity contribution is 0.135. The number of hydrogen-bond donors (Lipinski definition) is 2. The van der Waals surface area contributed by atoms with Crippen molar-refractivity contribution in [3.63, 3.8) is 0 Å². The number of benzene rings is 1. The van der Waals surface area contributed by atoms with E-state index in [-0.39, 0.29) is 12.1 Å². The Morgan fingerprint density at radius 2 is 2.06 bits per heavy atom. The van der Waals surface area contributed by atoms with E-state index in [1.54, 1.807) is 19.0 Å². The van der Waals surface area contributed by atoms with Gasteiger partial charge in [-0.3, -0.25) is 0 Å². The van der Waals surface area contributed by atoms with Crippen molar-refractivity contribution in [3.8, 4) is 0 Å². The maximum absolute atomic E-state index is 12.1. The van der Waals surface area contributed by atoms with E-state index in [0.717, 1.165) is 30.9 Å². The zero-order chi connectivity index (χ0) is 13.1. The molecule has 5 nitrogen and oxygen atoms in total. The van der Waals surface area contributed by atoms with E-state index >= 15 is 0 Å². The third kappa shape index (κ3) is 2.56. The summed E-state index contributed by atoms with van der Waals surface area (Å²) in [6, 6.07) is 7.86. The zero-order valence-electron chi connectivity index (χ0n) is 10.9. The summed E-state index contributed by atoms with van der Waals surface area (Å²) in [6.07, 6.45) is 0. The molecule has 2 amide bonds. The lowest BCUT2D eigenvalue weighted by atomic mass is 10.0. The molecule has 1 atom stereocenters. The summed E-state index contributed by atoms with van der Waals surface area (Å²) in [4.78, 5) is 15.7. The van der Waals surface area contributed by atoms with Gasteiger partial charge < -0.3 is 20.9 Å². The molecule has 1 aliphatic rings. The van der Waals surface area contributed by atoms with Crippen molar-refractivity contribution in [2.24, 2.45) is 0 Å². The SMILES string of the molecule is CN(C)C(=O)N1CCNCC1c1ccc(N)cc1. The van der Waals surface area contributed by atoms with Gasteiger partial charge in [-0.25, -0.2) is 4.79 Å². The number of anilines is 1. The molecular weight excluding hydrogens is 228 g/mol. The van der Waals surface area contributed by atoms with E-state index in [1.807, 2.05) is 29.2 Å². The number of amides is 2. The maximum atomic E-state index is 12.1. The molecule has 1 aromatic rings. The van der Waals surface area contributed by atoms with Crippen LogP contribution in [-0.4, -0.2) is 49.6 Å². The molecule has 3 N–H and O–H groups in total. The summed E-state index contributed by atoms with van der Waals surface area (Å²) in [7, 11) is 3.56. The zero-order valence-corrected chi connectivity index (χ0v) is 10.9. The molecule has 2 rings (SSSR count). The largest absolute Gasteiger partial charge is 0.399 e. The smallest absolute Gasteiger partial charge is 0.320 e. The number of piperazine rings is 1. The van der Waals surface area contributed by atoms with Gasteiger partial charge in [0.25, 0.3) is 0 Å². The van der Waals surface area contributed by atoms with Crippen LogP contribution < -0.4 is 11.1 Å². The third-order valence-corrected chi connectivity index (χ3v) is 3.19. The second-order valence-corrected chi connectivity index (χ2v) is 4.76. The van der Waals surface area contributed by atoms with Crippen molar-refractivity contribution in [2.75, 3.05) is 39.5 Å². The van der Waals surface area contributed by atoms with Crippen LogP contribution in [-0.2, 0) is 0 Å². The van der Waals surface area contributed by atoms with Crippen molar-refractivity contribution in [1.29, 1.82) is 0 Å². The Balaban J connectivity index is 2.22. The first-order valence-corrected chi connectivity index (χ1v) is 6.13. The van der Waals surface area contributed by atoms with E-state index in [4.69, 9.17) is 5.73 Å². The number of carbonyl (C=O) groups excluding carboxylic acids is 1. The molecule has 5 heteroatoms. The van der Waals surface area contributed by atoms with Gasteiger partial charge in [0.05, 0.1) is 6.04 Å². The molecule has 1 saturated heterocycles. The van der Waals surface area contributed by atoms with Gasteiger partial charge >= 0.3 is 6.03 Å². The lowest BCUT2D eigenvalue weighted by Crippen LogP contribution is -2.51. The highest BCUT2D eigenvalue weighted by Gasteiger charge is 2.28. The van der Waals surface area contributed by atoms with Gasteiger partial charge in [-0.15, -0.1) is 0 Å². The standard InChI is InChI=1S/C13H20N4O/c1-16(2)13(18)17-8-7-15-9-12(17)10-3-5-11(14)6-4-10/h3-6,12,15H,7-9,14H2,1-2H3. The van der Waals surface area contributed by atoms with Crippen molar-refractivity contribution in [2.45, 2.75) is 6.04 Å². The van der Waals surface area contributed by atoms with Crippen LogP contribution in [0.25, 0.3) is 0 Å². The van der Waals surface area contributed by atoms with E-state index in [9.17, 15) is 4.79 Å². The van der Waals surface area contributed by atoms with Crippen LogP contribution in [0.4, 0.5) is 10.5 Å². The molecule has 98 valence electrons. The lowest BCUT2D eigenvalue weighted by Gasteiger charge is -2.38. The van der Waals surface area contributed by atoms with Crippen LogP contribution in [0, 0.1) is 0 Å². The summed E-state index contributed by atoms with van der Waals surface area (Å²) >= 11 is 0. The molecule has 18 heavy (non-hydrogen) atoms. The van der Waals surface area contributed by atoms with Gasteiger partial charge in [0.15, 0.2) is 0 Å². The van der Waals surface area contributed by atoms with Gasteiger partial charge in [-0.1, -0.05) is 12.1 Å². The molecule has 1 heterocycles. The first-order chi connectivity index (χ1) is 8.59. The van der Waals surface area contributed by atoms with Crippen molar-refractivity contribution >= 4 is 11.7 Å². The highest BCUT2D eigenvalue weighted by Crippen LogP contribution is 2.23. The number of urea groups is 1. The Hall–Kier alpha value is -1.75. The summed E-state index contributed by atoms with van der Waals surface area (Å²) in [5, 5.41) is 3.33. The Morgan fingerprint density at radius 3 is 2.67 bits per heavy atom. The van der Waals surface area contributed by atoms with Gasteiger partial charge in [0, 0.05) is 39.4 Å². The van der Waals surface area contributed by atoms with Crippen LogP contribution in [0.15, 0.2) is 24.3 Å². The number of hydrogen-bond acceptors (Lipinski definition) is 3. The van der Waals surface area contributed by atoms with Crippen LogP contribution in [0.3, 0.4) is 0 Å². The van der Waals surface area contributed by atoms with Crippen LogP contribution in [0.1, 0.15) is 11.6 Å². The molecule has 1 aromatic carbocycles. The number of rotatable bonds is 1. The Kier molecular flexibility index (Phi) is 3.72. The van der Waals surface area contributed by atoms with Gasteiger partial charge in [-0.05, 0) is 17.7 Å². The predicted octanol–water partition coefficient (Wildman–Crippen LogP) is 0.897. The second kappa shape index (κ2) is 5.27. The summed E-state index contributed by atoms with van der Waals surface area (Å²) in [6.45, 7) is 2.35. The number of carbonyl (C=O) groups is 1. The highest BCUT2D eigenvalue weighted by atomic mass is 16.2. The van der Waals surface area contributed by atoms with Crippen molar-refractivity contribution < 1.29 is 4.79 Å². The molecule has 0 aliphatic carbocycles. The Labute approximate surface area is 108 Å². The molecule has 0 aromatic heterocycles. The van der Waals surface area contributed by atoms with Gasteiger partial charge in [-0.2, -0.15) is 0 Å². The first kappa shape index (κ1) is 12.7. The van der Waals surface area contributed by atoms with Crippen LogP contribution in [0.5, 0.6) is 0 Å². The third-order valence-electron chi connectivity index (χ3n) is 3.19. The summed E-state index contributed by atoms with van der Waals surface area (Å²) < 4.78 is 0. The molecule has 0 spiro atoms. The van der Waals surface area contributed by atoms with Crippen molar-refractivity contribution in [3.05, 3.63) is 29.8 Å². The normalized spacial score (nSPS) is 19.7. The van der Waals surface area contributed by atoms with E-state index in [1.165, 1.54) is 0 Å². The molecular formula is C13H20N4O. The van der Waals surface area contributed by atoms with E-state index in [0.29, 0.717) is 0 Å². The van der Waals surface area contributed by atoms with Crippen LogP contribution in [0.2, 0.25) is 0 Å². The van der Waals surface area contributed by atoms with E-state index in [2.05, 4.69) is 5.32 Å². The van der Waals surface area contributed by atoms with Gasteiger partial charge in [0.2, 0.25) is 0 Å². The molecule has 0 saturated carbocycles. The Bertz CT molecular complexity index is 416. The fourth-order valence-electron chi connectivity index (χ4n) is 2.21. The molecule has 1 fully saturated rings. The van der Waals surface area contributed by atoms with Crippen molar-refractivity contribution in [1.82, 2.24) is 15.1 Å². The van der Waals surface area contributed by atoms with E-state index < -0.39 is 0 Å². The molecule has 0 radical (unpaired) electrons.